The molecule has 5 nitrogen and oxygen atoms in total. The minimum atomic E-state index is -0.718. The summed E-state index contributed by atoms with van der Waals surface area (Å²) >= 11 is 0. The van der Waals surface area contributed by atoms with Gasteiger partial charge < -0.3 is 15.2 Å². The van der Waals surface area contributed by atoms with E-state index in [0.29, 0.717) is 11.5 Å². The molecule has 0 aliphatic carbocycles. The second-order valence-corrected chi connectivity index (χ2v) is 5.17. The molecule has 0 saturated carbocycles. The molecule has 5 heteroatoms. The molecule has 3 aromatic rings. The zero-order valence-corrected chi connectivity index (χ0v) is 13.2. The van der Waals surface area contributed by atoms with E-state index in [1.165, 1.54) is 12.1 Å². The first-order valence-electron chi connectivity index (χ1n) is 7.58. The van der Waals surface area contributed by atoms with Gasteiger partial charge in [-0.1, -0.05) is 42.5 Å². The van der Waals surface area contributed by atoms with Gasteiger partial charge in [0.2, 0.25) is 0 Å². The van der Waals surface area contributed by atoms with Crippen LogP contribution in [-0.2, 0) is 0 Å². The van der Waals surface area contributed by atoms with Crippen molar-refractivity contribution in [2.45, 2.75) is 0 Å². The van der Waals surface area contributed by atoms with Crippen LogP contribution >= 0.6 is 0 Å². The maximum Gasteiger partial charge on any atom is 0.346 e. The number of carbonyl (C=O) groups excluding carboxylic acids is 2. The molecule has 25 heavy (non-hydrogen) atoms. The van der Waals surface area contributed by atoms with E-state index in [1.54, 1.807) is 66.7 Å². The molecule has 124 valence electrons. The number of nitrogen functional groups attached to an aromatic ring is 1. The topological polar surface area (TPSA) is 78.6 Å². The molecular formula is C20H15NO4. The van der Waals surface area contributed by atoms with Crippen LogP contribution in [0.2, 0.25) is 0 Å². The normalized spacial score (nSPS) is 10.1. The Morgan fingerprint density at radius 3 is 1.72 bits per heavy atom. The number of esters is 2. The summed E-state index contributed by atoms with van der Waals surface area (Å²) in [5, 5.41) is 0. The zero-order chi connectivity index (χ0) is 17.6. The quantitative estimate of drug-likeness (QED) is 0.447. The highest BCUT2D eigenvalue weighted by atomic mass is 16.5. The molecule has 0 aliphatic rings. The summed E-state index contributed by atoms with van der Waals surface area (Å²) in [4.78, 5) is 25.0. The van der Waals surface area contributed by atoms with Crippen LogP contribution in [0, 0.1) is 0 Å². The van der Waals surface area contributed by atoms with E-state index in [4.69, 9.17) is 15.2 Å². The van der Waals surface area contributed by atoms with Crippen LogP contribution in [0.5, 0.6) is 11.5 Å². The number of ether oxygens (including phenoxy) is 2. The van der Waals surface area contributed by atoms with Gasteiger partial charge in [0.15, 0.2) is 0 Å². The van der Waals surface area contributed by atoms with Crippen molar-refractivity contribution >= 4 is 17.6 Å². The molecule has 3 aromatic carbocycles. The maximum absolute atomic E-state index is 12.5. The van der Waals surface area contributed by atoms with Crippen LogP contribution in [0.25, 0.3) is 0 Å². The summed E-state index contributed by atoms with van der Waals surface area (Å²) in [6.07, 6.45) is 0. The lowest BCUT2D eigenvalue weighted by molar-refractivity contribution is 0.0693. The van der Waals surface area contributed by atoms with Gasteiger partial charge in [-0.25, -0.2) is 9.59 Å². The Labute approximate surface area is 144 Å². The molecule has 0 saturated heterocycles. The van der Waals surface area contributed by atoms with Gasteiger partial charge in [0.25, 0.3) is 0 Å². The van der Waals surface area contributed by atoms with Crippen LogP contribution in [0.1, 0.15) is 20.7 Å². The number of hydrogen-bond donors (Lipinski definition) is 1. The predicted octanol–water partition coefficient (Wildman–Crippen LogP) is 3.71. The van der Waals surface area contributed by atoms with E-state index in [1.807, 2.05) is 0 Å². The van der Waals surface area contributed by atoms with Gasteiger partial charge in [0.1, 0.15) is 11.5 Å². The Hall–Kier alpha value is -3.60. The summed E-state index contributed by atoms with van der Waals surface area (Å²) in [6.45, 7) is 0. The molecule has 0 fully saturated rings. The Kier molecular flexibility index (Phi) is 4.76. The van der Waals surface area contributed by atoms with E-state index in [9.17, 15) is 9.59 Å². The fourth-order valence-corrected chi connectivity index (χ4v) is 2.27. The van der Waals surface area contributed by atoms with Gasteiger partial charge in [-0.15, -0.1) is 0 Å². The molecule has 0 aliphatic heterocycles. The third-order valence-corrected chi connectivity index (χ3v) is 3.43. The van der Waals surface area contributed by atoms with E-state index in [-0.39, 0.29) is 16.8 Å². The fraction of sp³-hybridized carbons (Fsp3) is 0. The number of hydrogen-bond acceptors (Lipinski definition) is 5. The third-order valence-electron chi connectivity index (χ3n) is 3.43. The SMILES string of the molecule is Nc1cccc(C(=O)Oc2ccccc2)c1C(=O)Oc1ccccc1. The minimum absolute atomic E-state index is 0.0210. The van der Waals surface area contributed by atoms with Crippen LogP contribution < -0.4 is 15.2 Å². The highest BCUT2D eigenvalue weighted by molar-refractivity contribution is 6.07. The zero-order valence-electron chi connectivity index (χ0n) is 13.2. The van der Waals surface area contributed by atoms with Crippen molar-refractivity contribution in [3.05, 3.63) is 90.0 Å². The van der Waals surface area contributed by atoms with E-state index in [0.717, 1.165) is 0 Å². The molecule has 0 aromatic heterocycles. The van der Waals surface area contributed by atoms with Gasteiger partial charge >= 0.3 is 11.9 Å². The van der Waals surface area contributed by atoms with Crippen LogP contribution in [0.3, 0.4) is 0 Å². The van der Waals surface area contributed by atoms with Gasteiger partial charge in [-0.05, 0) is 36.4 Å². The highest BCUT2D eigenvalue weighted by Crippen LogP contribution is 2.22. The fourth-order valence-electron chi connectivity index (χ4n) is 2.27. The van der Waals surface area contributed by atoms with Crippen molar-refractivity contribution in [3.8, 4) is 11.5 Å². The first-order chi connectivity index (χ1) is 12.1. The van der Waals surface area contributed by atoms with E-state index >= 15 is 0 Å². The first kappa shape index (κ1) is 16.3. The molecule has 0 unspecified atom stereocenters. The molecule has 0 radical (unpaired) electrons. The van der Waals surface area contributed by atoms with Gasteiger partial charge in [-0.2, -0.15) is 0 Å². The molecule has 0 bridgehead atoms. The molecule has 3 rings (SSSR count). The molecule has 0 spiro atoms. The van der Waals surface area contributed by atoms with Crippen molar-refractivity contribution in [2.75, 3.05) is 5.73 Å². The van der Waals surface area contributed by atoms with Gasteiger partial charge in [0.05, 0.1) is 11.1 Å². The largest absolute Gasteiger partial charge is 0.423 e. The number of anilines is 1. The Morgan fingerprint density at radius 2 is 1.16 bits per heavy atom. The average Bonchev–Trinajstić information content (AvgIpc) is 2.63. The Balaban J connectivity index is 1.89. The summed E-state index contributed by atoms with van der Waals surface area (Å²) < 4.78 is 10.6. The Morgan fingerprint density at radius 1 is 0.640 bits per heavy atom. The van der Waals surface area contributed by atoms with Crippen molar-refractivity contribution < 1.29 is 19.1 Å². The van der Waals surface area contributed by atoms with Crippen molar-refractivity contribution in [1.82, 2.24) is 0 Å². The highest BCUT2D eigenvalue weighted by Gasteiger charge is 2.23. The van der Waals surface area contributed by atoms with Crippen molar-refractivity contribution in [2.24, 2.45) is 0 Å². The number of nitrogens with two attached hydrogens (primary N) is 1. The lowest BCUT2D eigenvalue weighted by Gasteiger charge is -2.11. The summed E-state index contributed by atoms with van der Waals surface area (Å²) in [6, 6.07) is 21.7. The lowest BCUT2D eigenvalue weighted by Crippen LogP contribution is -2.19. The second-order valence-electron chi connectivity index (χ2n) is 5.17. The van der Waals surface area contributed by atoms with Gasteiger partial charge in [-0.3, -0.25) is 0 Å². The van der Waals surface area contributed by atoms with Crippen molar-refractivity contribution in [3.63, 3.8) is 0 Å². The minimum Gasteiger partial charge on any atom is -0.423 e. The van der Waals surface area contributed by atoms with Crippen LogP contribution in [0.15, 0.2) is 78.9 Å². The van der Waals surface area contributed by atoms with Crippen LogP contribution in [0.4, 0.5) is 5.69 Å². The lowest BCUT2D eigenvalue weighted by atomic mass is 10.1. The number of benzene rings is 3. The summed E-state index contributed by atoms with van der Waals surface area (Å²) in [5.41, 5.74) is 6.07. The summed E-state index contributed by atoms with van der Waals surface area (Å²) in [5.74, 6) is -0.668. The number of rotatable bonds is 4. The van der Waals surface area contributed by atoms with Gasteiger partial charge in [0, 0.05) is 5.69 Å². The summed E-state index contributed by atoms with van der Waals surface area (Å²) in [7, 11) is 0. The molecule has 0 atom stereocenters. The monoisotopic (exact) mass is 333 g/mol. The molecule has 0 heterocycles. The standard InChI is InChI=1S/C20H15NO4/c21-17-13-7-12-16(19(22)24-14-8-3-1-4-9-14)18(17)20(23)25-15-10-5-2-6-11-15/h1-13H,21H2. The number of carbonyl (C=O) groups is 2. The maximum atomic E-state index is 12.5. The molecule has 2 N–H and O–H groups in total. The van der Waals surface area contributed by atoms with Crippen LogP contribution in [-0.4, -0.2) is 11.9 Å². The van der Waals surface area contributed by atoms with E-state index in [2.05, 4.69) is 0 Å². The average molecular weight is 333 g/mol. The second kappa shape index (κ2) is 7.31. The smallest absolute Gasteiger partial charge is 0.346 e. The van der Waals surface area contributed by atoms with Crippen molar-refractivity contribution in [1.29, 1.82) is 0 Å². The molecular weight excluding hydrogens is 318 g/mol. The first-order valence-corrected chi connectivity index (χ1v) is 7.58. The number of para-hydroxylation sites is 2. The predicted molar refractivity (Wildman–Crippen MR) is 93.7 cm³/mol. The Bertz CT molecular complexity index is 892. The molecule has 0 amide bonds. The third kappa shape index (κ3) is 3.84. The van der Waals surface area contributed by atoms with E-state index < -0.39 is 11.9 Å².